The maximum Gasteiger partial charge on any atom is 0.243 e. The Morgan fingerprint density at radius 2 is 1.47 bits per heavy atom. The number of hydrogen-bond donors (Lipinski definition) is 4. The first-order valence-electron chi connectivity index (χ1n) is 13.6. The van der Waals surface area contributed by atoms with Crippen LogP contribution in [0.3, 0.4) is 0 Å². The van der Waals surface area contributed by atoms with E-state index in [1.807, 2.05) is 0 Å². The number of phenolic OH excluding ortho intramolecular Hbond substituents is 1. The molecule has 45 heavy (non-hydrogen) atoms. The average Bonchev–Trinajstić information content (AvgIpc) is 2.99. The van der Waals surface area contributed by atoms with Crippen molar-refractivity contribution in [1.82, 2.24) is 4.31 Å². The van der Waals surface area contributed by atoms with Crippen LogP contribution in [0.2, 0.25) is 0 Å². The van der Waals surface area contributed by atoms with E-state index in [1.54, 1.807) is 56.3 Å². The van der Waals surface area contributed by atoms with Gasteiger partial charge >= 0.3 is 0 Å². The second kappa shape index (κ2) is 14.3. The van der Waals surface area contributed by atoms with Crippen LogP contribution in [0.1, 0.15) is 20.8 Å². The molecule has 0 bridgehead atoms. The molecule has 0 heterocycles. The predicted octanol–water partition coefficient (Wildman–Crippen LogP) is 7.96. The maximum atomic E-state index is 12.8. The smallest absolute Gasteiger partial charge is 0.243 e. The SMILES string of the molecule is CCN(CC)S(=O)(=O)c1ccc(N=Nc2cc(OC)c(N=Nc3c(S)cc4cc(S)cc(NC(C)=O)c4c3O)cc2OC)cc1. The van der Waals surface area contributed by atoms with Crippen molar-refractivity contribution in [3.63, 3.8) is 0 Å². The summed E-state index contributed by atoms with van der Waals surface area (Å²) >= 11 is 8.88. The number of thiol groups is 2. The number of rotatable bonds is 11. The molecule has 12 nitrogen and oxygen atoms in total. The molecule has 0 spiro atoms. The zero-order valence-electron chi connectivity index (χ0n) is 25.1. The number of nitrogens with zero attached hydrogens (tertiary/aromatic N) is 5. The molecule has 2 N–H and O–H groups in total. The molecule has 0 unspecified atom stereocenters. The van der Waals surface area contributed by atoms with Crippen LogP contribution in [0.25, 0.3) is 10.8 Å². The van der Waals surface area contributed by atoms with Gasteiger partial charge in [-0.3, -0.25) is 4.79 Å². The summed E-state index contributed by atoms with van der Waals surface area (Å²) < 4.78 is 37.9. The number of azo groups is 2. The molecule has 4 aromatic rings. The number of hydrogen-bond acceptors (Lipinski definition) is 12. The number of phenols is 1. The molecule has 0 radical (unpaired) electrons. The van der Waals surface area contributed by atoms with Crippen LogP contribution in [0.4, 0.5) is 28.4 Å². The first-order chi connectivity index (χ1) is 21.4. The number of carbonyl (C=O) groups is 1. The Kier molecular flexibility index (Phi) is 10.7. The van der Waals surface area contributed by atoms with Gasteiger partial charge in [-0.2, -0.15) is 9.42 Å². The summed E-state index contributed by atoms with van der Waals surface area (Å²) in [7, 11) is -0.695. The molecule has 0 aliphatic rings. The Morgan fingerprint density at radius 1 is 0.889 bits per heavy atom. The van der Waals surface area contributed by atoms with Crippen molar-refractivity contribution >= 4 is 80.4 Å². The molecule has 1 amide bonds. The summed E-state index contributed by atoms with van der Waals surface area (Å²) in [5.41, 5.74) is 1.44. The number of carbonyl (C=O) groups excluding carboxylic acids is 1. The highest BCUT2D eigenvalue weighted by Gasteiger charge is 2.21. The molecule has 0 saturated carbocycles. The van der Waals surface area contributed by atoms with Crippen LogP contribution >= 0.6 is 25.3 Å². The van der Waals surface area contributed by atoms with Gasteiger partial charge in [-0.15, -0.1) is 40.6 Å². The van der Waals surface area contributed by atoms with Crippen LogP contribution in [-0.2, 0) is 14.8 Å². The molecule has 0 aromatic heterocycles. The second-order valence-electron chi connectivity index (χ2n) is 9.54. The second-order valence-corrected chi connectivity index (χ2v) is 12.5. The third-order valence-corrected chi connectivity index (χ3v) is 9.31. The summed E-state index contributed by atoms with van der Waals surface area (Å²) in [5.74, 6) is 0.0406. The highest BCUT2D eigenvalue weighted by Crippen LogP contribution is 2.46. The van der Waals surface area contributed by atoms with Crippen molar-refractivity contribution in [2.45, 2.75) is 35.5 Å². The van der Waals surface area contributed by atoms with Crippen molar-refractivity contribution in [2.24, 2.45) is 20.5 Å². The third kappa shape index (κ3) is 7.39. The van der Waals surface area contributed by atoms with E-state index in [2.05, 4.69) is 51.0 Å². The first-order valence-corrected chi connectivity index (χ1v) is 16.0. The molecule has 236 valence electrons. The van der Waals surface area contributed by atoms with E-state index in [9.17, 15) is 18.3 Å². The summed E-state index contributed by atoms with van der Waals surface area (Å²) in [5, 5.41) is 31.9. The lowest BCUT2D eigenvalue weighted by atomic mass is 10.1. The van der Waals surface area contributed by atoms with Crippen LogP contribution in [0.15, 0.2) is 89.7 Å². The standard InChI is InChI=1S/C30H32N6O6S3/c1-6-36(7-2)45(39,40)21-10-8-19(9-11-21)32-33-22-15-26(42-5)23(16-25(22)41-4)34-35-29-27(44)13-18-12-20(43)14-24(31-17(3)37)28(18)30(29)38/h8-16,38,43-44H,6-7H2,1-5H3,(H,31,37). The van der Waals surface area contributed by atoms with E-state index in [0.717, 1.165) is 0 Å². The van der Waals surface area contributed by atoms with E-state index < -0.39 is 10.0 Å². The number of ether oxygens (including phenoxy) is 2. The molecular weight excluding hydrogens is 637 g/mol. The van der Waals surface area contributed by atoms with E-state index in [-0.39, 0.29) is 33.7 Å². The normalized spacial score (nSPS) is 12.0. The van der Waals surface area contributed by atoms with Crippen molar-refractivity contribution in [2.75, 3.05) is 32.6 Å². The topological polar surface area (TPSA) is 155 Å². The van der Waals surface area contributed by atoms with Crippen LogP contribution in [0, 0.1) is 0 Å². The molecule has 4 rings (SSSR count). The average molecular weight is 669 g/mol. The quantitative estimate of drug-likeness (QED) is 0.0939. The van der Waals surface area contributed by atoms with Gasteiger partial charge in [0.1, 0.15) is 28.6 Å². The lowest BCUT2D eigenvalue weighted by Crippen LogP contribution is -2.30. The largest absolute Gasteiger partial charge is 0.505 e. The Balaban J connectivity index is 1.68. The number of amides is 1. The Morgan fingerprint density at radius 3 is 2.00 bits per heavy atom. The summed E-state index contributed by atoms with van der Waals surface area (Å²) in [4.78, 5) is 12.9. The van der Waals surface area contributed by atoms with E-state index in [1.165, 1.54) is 37.6 Å². The lowest BCUT2D eigenvalue weighted by Gasteiger charge is -2.18. The van der Waals surface area contributed by atoms with Crippen molar-refractivity contribution in [3.05, 3.63) is 54.6 Å². The van der Waals surface area contributed by atoms with Gasteiger partial charge < -0.3 is 19.9 Å². The fourth-order valence-corrected chi connectivity index (χ4v) is 6.52. The fraction of sp³-hybridized carbons (Fsp3) is 0.233. The number of nitrogens with one attached hydrogen (secondary N) is 1. The van der Waals surface area contributed by atoms with Crippen LogP contribution in [-0.4, -0.2) is 51.0 Å². The molecular formula is C30H32N6O6S3. The molecule has 4 aromatic carbocycles. The molecule has 0 aliphatic carbocycles. The van der Waals surface area contributed by atoms with Gasteiger partial charge in [0.25, 0.3) is 0 Å². The number of anilines is 1. The Labute approximate surface area is 272 Å². The highest BCUT2D eigenvalue weighted by molar-refractivity contribution is 7.89. The van der Waals surface area contributed by atoms with Crippen LogP contribution in [0.5, 0.6) is 17.2 Å². The monoisotopic (exact) mass is 668 g/mol. The number of fused-ring (bicyclic) bond motifs is 1. The minimum Gasteiger partial charge on any atom is -0.505 e. The third-order valence-electron chi connectivity index (χ3n) is 6.65. The molecule has 0 saturated heterocycles. The molecule has 0 fully saturated rings. The van der Waals surface area contributed by atoms with Gasteiger partial charge in [-0.25, -0.2) is 8.42 Å². The summed E-state index contributed by atoms with van der Waals surface area (Å²) in [6, 6.07) is 14.2. The first kappa shape index (κ1) is 33.7. The van der Waals surface area contributed by atoms with E-state index >= 15 is 0 Å². The van der Waals surface area contributed by atoms with E-state index in [0.29, 0.717) is 56.5 Å². The number of sulfonamides is 1. The number of aromatic hydroxyl groups is 1. The van der Waals surface area contributed by atoms with Gasteiger partial charge in [0, 0.05) is 47.3 Å². The molecule has 0 atom stereocenters. The number of methoxy groups -OCH3 is 2. The lowest BCUT2D eigenvalue weighted by molar-refractivity contribution is -0.114. The predicted molar refractivity (Wildman–Crippen MR) is 179 cm³/mol. The summed E-state index contributed by atoms with van der Waals surface area (Å²) in [6.07, 6.45) is 0. The van der Waals surface area contributed by atoms with Gasteiger partial charge in [0.15, 0.2) is 5.75 Å². The Bertz CT molecular complexity index is 1910. The minimum absolute atomic E-state index is 0.0700. The maximum absolute atomic E-state index is 12.8. The molecule has 15 heteroatoms. The van der Waals surface area contributed by atoms with Crippen LogP contribution < -0.4 is 14.8 Å². The fourth-order valence-electron chi connectivity index (χ4n) is 4.50. The van der Waals surface area contributed by atoms with Crippen molar-refractivity contribution < 1.29 is 27.8 Å². The van der Waals surface area contributed by atoms with E-state index in [4.69, 9.17) is 9.47 Å². The van der Waals surface area contributed by atoms with Crippen molar-refractivity contribution in [1.29, 1.82) is 0 Å². The highest BCUT2D eigenvalue weighted by atomic mass is 32.2. The van der Waals surface area contributed by atoms with Gasteiger partial charge in [-0.1, -0.05) is 13.8 Å². The zero-order chi connectivity index (χ0) is 32.9. The minimum atomic E-state index is -3.60. The zero-order valence-corrected chi connectivity index (χ0v) is 27.7. The molecule has 0 aliphatic heterocycles. The van der Waals surface area contributed by atoms with Gasteiger partial charge in [0.2, 0.25) is 15.9 Å². The van der Waals surface area contributed by atoms with Gasteiger partial charge in [-0.05, 0) is 47.9 Å². The number of benzene rings is 4. The van der Waals surface area contributed by atoms with Gasteiger partial charge in [0.05, 0.1) is 30.5 Å². The summed E-state index contributed by atoms with van der Waals surface area (Å²) in [6.45, 7) is 5.67. The Hall–Kier alpha value is -4.18. The van der Waals surface area contributed by atoms with Crippen molar-refractivity contribution in [3.8, 4) is 17.2 Å².